The summed E-state index contributed by atoms with van der Waals surface area (Å²) in [6, 6.07) is 2.15. The highest BCUT2D eigenvalue weighted by Gasteiger charge is 2.30. The summed E-state index contributed by atoms with van der Waals surface area (Å²) in [5.74, 6) is 2.33. The van der Waals surface area contributed by atoms with Crippen molar-refractivity contribution in [3.8, 4) is 0 Å². The predicted octanol–water partition coefficient (Wildman–Crippen LogP) is 2.70. The van der Waals surface area contributed by atoms with Crippen LogP contribution in [0.5, 0.6) is 0 Å². The number of hydrogen-bond donors (Lipinski definition) is 1. The van der Waals surface area contributed by atoms with Crippen LogP contribution in [0.15, 0.2) is 30.9 Å². The van der Waals surface area contributed by atoms with E-state index >= 15 is 0 Å². The van der Waals surface area contributed by atoms with Crippen molar-refractivity contribution in [1.29, 1.82) is 0 Å². The lowest BCUT2D eigenvalue weighted by atomic mass is 10.1. The smallest absolute Gasteiger partial charge is 0.228 e. The molecule has 0 saturated carbocycles. The van der Waals surface area contributed by atoms with Crippen molar-refractivity contribution >= 4 is 11.8 Å². The lowest BCUT2D eigenvalue weighted by Gasteiger charge is -2.24. The Balaban J connectivity index is 1.60. The van der Waals surface area contributed by atoms with Gasteiger partial charge in [-0.3, -0.25) is 9.88 Å². The van der Waals surface area contributed by atoms with Crippen molar-refractivity contribution in [1.82, 2.24) is 34.4 Å². The van der Waals surface area contributed by atoms with E-state index in [0.29, 0.717) is 5.95 Å². The van der Waals surface area contributed by atoms with E-state index in [1.807, 2.05) is 39.4 Å². The number of hydrogen-bond acceptors (Lipinski definition) is 7. The van der Waals surface area contributed by atoms with Gasteiger partial charge in [0.05, 0.1) is 12.6 Å². The van der Waals surface area contributed by atoms with Crippen molar-refractivity contribution in [2.75, 3.05) is 11.9 Å². The van der Waals surface area contributed by atoms with E-state index in [1.165, 1.54) is 0 Å². The maximum Gasteiger partial charge on any atom is 0.228 e. The second-order valence-corrected chi connectivity index (χ2v) is 6.97. The van der Waals surface area contributed by atoms with Crippen molar-refractivity contribution in [3.05, 3.63) is 53.8 Å². The number of anilines is 2. The van der Waals surface area contributed by atoms with Gasteiger partial charge in [0.25, 0.3) is 0 Å². The van der Waals surface area contributed by atoms with Crippen molar-refractivity contribution in [2.24, 2.45) is 7.05 Å². The van der Waals surface area contributed by atoms with Gasteiger partial charge in [-0.1, -0.05) is 0 Å². The molecule has 4 rings (SSSR count). The van der Waals surface area contributed by atoms with Gasteiger partial charge in [0.2, 0.25) is 5.95 Å². The van der Waals surface area contributed by atoms with Crippen LogP contribution in [0.4, 0.5) is 11.8 Å². The molecule has 0 radical (unpaired) electrons. The molecule has 3 aromatic rings. The van der Waals surface area contributed by atoms with Crippen LogP contribution < -0.4 is 5.32 Å². The van der Waals surface area contributed by atoms with Crippen LogP contribution >= 0.6 is 0 Å². The first-order valence-electron chi connectivity index (χ1n) is 9.20. The average molecular weight is 364 g/mol. The van der Waals surface area contributed by atoms with Gasteiger partial charge in [0.1, 0.15) is 11.5 Å². The quantitative estimate of drug-likeness (QED) is 0.745. The molecule has 0 bridgehead atoms. The SMILES string of the molecule is Cc1cc(C)nc(Nc2nccnc2[C@@H]2CCCN2Cc2nccn2C)n1. The first kappa shape index (κ1) is 17.5. The molecule has 1 fully saturated rings. The summed E-state index contributed by atoms with van der Waals surface area (Å²) in [4.78, 5) is 25.0. The molecule has 1 saturated heterocycles. The largest absolute Gasteiger partial charge is 0.337 e. The molecule has 27 heavy (non-hydrogen) atoms. The minimum absolute atomic E-state index is 0.198. The molecular formula is C19H24N8. The van der Waals surface area contributed by atoms with Gasteiger partial charge in [-0.15, -0.1) is 0 Å². The van der Waals surface area contributed by atoms with Crippen molar-refractivity contribution in [2.45, 2.75) is 39.3 Å². The van der Waals surface area contributed by atoms with Crippen molar-refractivity contribution in [3.63, 3.8) is 0 Å². The second-order valence-electron chi connectivity index (χ2n) is 6.97. The molecule has 3 aromatic heterocycles. The van der Waals surface area contributed by atoms with E-state index in [-0.39, 0.29) is 6.04 Å². The number of aryl methyl sites for hydroxylation is 3. The maximum absolute atomic E-state index is 4.65. The number of imidazole rings is 1. The van der Waals surface area contributed by atoms with Crippen LogP contribution in [0.3, 0.4) is 0 Å². The Hall–Kier alpha value is -2.87. The van der Waals surface area contributed by atoms with Crippen LogP contribution in [-0.4, -0.2) is 40.9 Å². The summed E-state index contributed by atoms with van der Waals surface area (Å²) >= 11 is 0. The Kier molecular flexibility index (Phi) is 4.81. The Bertz CT molecular complexity index is 915. The Morgan fingerprint density at radius 1 is 1.07 bits per heavy atom. The highest BCUT2D eigenvalue weighted by molar-refractivity contribution is 5.52. The minimum Gasteiger partial charge on any atom is -0.337 e. The van der Waals surface area contributed by atoms with Crippen LogP contribution in [0.1, 0.15) is 41.8 Å². The number of nitrogens with one attached hydrogen (secondary N) is 1. The zero-order chi connectivity index (χ0) is 18.8. The zero-order valence-electron chi connectivity index (χ0n) is 15.9. The summed E-state index contributed by atoms with van der Waals surface area (Å²) < 4.78 is 2.06. The maximum atomic E-state index is 4.65. The fourth-order valence-corrected chi connectivity index (χ4v) is 3.63. The minimum atomic E-state index is 0.198. The third kappa shape index (κ3) is 3.80. The average Bonchev–Trinajstić information content (AvgIpc) is 3.24. The molecular weight excluding hydrogens is 340 g/mol. The summed E-state index contributed by atoms with van der Waals surface area (Å²) in [5.41, 5.74) is 2.78. The molecule has 0 unspecified atom stereocenters. The van der Waals surface area contributed by atoms with E-state index in [2.05, 4.69) is 39.7 Å². The molecule has 1 aliphatic heterocycles. The molecule has 8 heteroatoms. The summed E-state index contributed by atoms with van der Waals surface area (Å²) in [6.45, 7) is 5.74. The van der Waals surface area contributed by atoms with Crippen LogP contribution in [0.2, 0.25) is 0 Å². The van der Waals surface area contributed by atoms with Gasteiger partial charge in [-0.25, -0.2) is 19.9 Å². The van der Waals surface area contributed by atoms with Crippen molar-refractivity contribution < 1.29 is 0 Å². The number of aromatic nitrogens is 6. The van der Waals surface area contributed by atoms with Gasteiger partial charge in [-0.05, 0) is 39.3 Å². The third-order valence-corrected chi connectivity index (χ3v) is 4.88. The zero-order valence-corrected chi connectivity index (χ0v) is 15.9. The Morgan fingerprint density at radius 3 is 2.59 bits per heavy atom. The monoisotopic (exact) mass is 364 g/mol. The molecule has 1 aliphatic rings. The van der Waals surface area contributed by atoms with E-state index in [1.54, 1.807) is 12.4 Å². The highest BCUT2D eigenvalue weighted by Crippen LogP contribution is 2.35. The fraction of sp³-hybridized carbons (Fsp3) is 0.421. The second kappa shape index (κ2) is 7.40. The van der Waals surface area contributed by atoms with Gasteiger partial charge in [-0.2, -0.15) is 0 Å². The van der Waals surface area contributed by atoms with Crippen LogP contribution in [-0.2, 0) is 13.6 Å². The highest BCUT2D eigenvalue weighted by atomic mass is 15.2. The van der Waals surface area contributed by atoms with Gasteiger partial charge in [0, 0.05) is 43.2 Å². The topological polar surface area (TPSA) is 84.7 Å². The molecule has 4 heterocycles. The van der Waals surface area contributed by atoms with Gasteiger partial charge in [0.15, 0.2) is 5.82 Å². The normalized spacial score (nSPS) is 17.4. The Morgan fingerprint density at radius 2 is 1.85 bits per heavy atom. The Labute approximate surface area is 158 Å². The molecule has 0 aromatic carbocycles. The first-order valence-corrected chi connectivity index (χ1v) is 9.20. The van der Waals surface area contributed by atoms with Gasteiger partial charge < -0.3 is 9.88 Å². The predicted molar refractivity (Wildman–Crippen MR) is 102 cm³/mol. The molecule has 0 spiro atoms. The van der Waals surface area contributed by atoms with E-state index < -0.39 is 0 Å². The molecule has 0 aliphatic carbocycles. The fourth-order valence-electron chi connectivity index (χ4n) is 3.63. The number of likely N-dealkylation sites (tertiary alicyclic amines) is 1. The summed E-state index contributed by atoms with van der Waals surface area (Å²) in [6.07, 6.45) is 9.45. The molecule has 1 N–H and O–H groups in total. The van der Waals surface area contributed by atoms with Crippen LogP contribution in [0.25, 0.3) is 0 Å². The summed E-state index contributed by atoms with van der Waals surface area (Å²) in [7, 11) is 2.03. The summed E-state index contributed by atoms with van der Waals surface area (Å²) in [5, 5.41) is 3.28. The lowest BCUT2D eigenvalue weighted by molar-refractivity contribution is 0.236. The molecule has 140 valence electrons. The number of nitrogens with zero attached hydrogens (tertiary/aromatic N) is 7. The van der Waals surface area contributed by atoms with E-state index in [0.717, 1.165) is 54.7 Å². The van der Waals surface area contributed by atoms with E-state index in [9.17, 15) is 0 Å². The van der Waals surface area contributed by atoms with E-state index in [4.69, 9.17) is 0 Å². The van der Waals surface area contributed by atoms with Crippen LogP contribution in [0, 0.1) is 13.8 Å². The lowest BCUT2D eigenvalue weighted by Crippen LogP contribution is -2.26. The first-order chi connectivity index (χ1) is 13.1. The third-order valence-electron chi connectivity index (χ3n) is 4.88. The molecule has 8 nitrogen and oxygen atoms in total. The molecule has 0 amide bonds. The number of rotatable bonds is 5. The standard InChI is InChI=1S/C19H24N8/c1-13-11-14(2)24-19(23-13)25-18-17(21-6-7-22-18)15-5-4-9-27(15)12-16-20-8-10-26(16)3/h6-8,10-11,15H,4-5,9,12H2,1-3H3,(H,22,23,24,25)/t15-/m0/s1. The van der Waals surface area contributed by atoms with Gasteiger partial charge >= 0.3 is 0 Å². The molecule has 1 atom stereocenters.